The predicted molar refractivity (Wildman–Crippen MR) is 151 cm³/mol. The zero-order valence-corrected chi connectivity index (χ0v) is 24.2. The number of para-hydroxylation sites is 1. The Morgan fingerprint density at radius 3 is 2.06 bits per heavy atom. The summed E-state index contributed by atoms with van der Waals surface area (Å²) in [5, 5.41) is 4.02. The normalized spacial score (nSPS) is 9.00. The molecule has 0 bridgehead atoms. The van der Waals surface area contributed by atoms with Crippen LogP contribution in [0.1, 0.15) is 66.7 Å². The van der Waals surface area contributed by atoms with Crippen LogP contribution in [0.3, 0.4) is 0 Å². The first-order valence-electron chi connectivity index (χ1n) is 12.0. The number of hydrogen-bond acceptors (Lipinski definition) is 3. The summed E-state index contributed by atoms with van der Waals surface area (Å²) in [5.41, 5.74) is 2.66. The third kappa shape index (κ3) is 14.5. The van der Waals surface area contributed by atoms with E-state index in [0.717, 1.165) is 54.2 Å². The average Bonchev–Trinajstić information content (AvgIpc) is 3.27. The number of nitrogens with zero attached hydrogens (tertiary/aromatic N) is 3. The van der Waals surface area contributed by atoms with Gasteiger partial charge in [-0.25, -0.2) is 9.97 Å². The standard InChI is InChI=1S/C20H25N4O.C3H6.3C2H5.2Li/c1-4-5-6-11-17(25)23-20-18-19(24(13-21-18)12-14(2)3)15-9-7-8-10-16(15)22-20;1-3-2;3*1-2;;/h7-10,13-14H,1,4-6,11-12H2,2-3H3,(H,22,23,25);1-3H2;3*1H2,2H3;;/q-1;-2;3*-1;2*+1. The fraction of sp³-hybridized carbons (Fsp3) is 0.414. The van der Waals surface area contributed by atoms with Gasteiger partial charge >= 0.3 is 37.7 Å². The molecule has 0 aliphatic carbocycles. The van der Waals surface area contributed by atoms with Gasteiger partial charge in [0.05, 0.1) is 17.4 Å². The van der Waals surface area contributed by atoms with Crippen molar-refractivity contribution >= 4 is 33.7 Å². The van der Waals surface area contributed by atoms with Crippen LogP contribution in [0.4, 0.5) is 5.82 Å². The topological polar surface area (TPSA) is 59.8 Å². The van der Waals surface area contributed by atoms with Crippen LogP contribution in [-0.4, -0.2) is 20.4 Å². The molecule has 0 fully saturated rings. The van der Waals surface area contributed by atoms with Crippen molar-refractivity contribution in [3.63, 3.8) is 0 Å². The summed E-state index contributed by atoms with van der Waals surface area (Å²) in [6, 6.07) is 8.00. The van der Waals surface area contributed by atoms with Gasteiger partial charge in [0.1, 0.15) is 5.52 Å². The number of carbonyl (C=O) groups is 1. The summed E-state index contributed by atoms with van der Waals surface area (Å²) in [7, 11) is 0. The minimum atomic E-state index is -0.0176. The van der Waals surface area contributed by atoms with E-state index in [9.17, 15) is 4.79 Å². The van der Waals surface area contributed by atoms with E-state index in [-0.39, 0.29) is 43.6 Å². The number of pyridine rings is 1. The van der Waals surface area contributed by atoms with E-state index in [1.165, 1.54) is 0 Å². The molecular weight excluding hydrogens is 434 g/mol. The average molecular weight is 481 g/mol. The van der Waals surface area contributed by atoms with E-state index in [1.807, 2.05) is 24.5 Å². The Kier molecular flexibility index (Phi) is 31.2. The molecule has 1 N–H and O–H groups in total. The summed E-state index contributed by atoms with van der Waals surface area (Å²) < 4.78 is 2.16. The van der Waals surface area contributed by atoms with Gasteiger partial charge in [0.25, 0.3) is 0 Å². The van der Waals surface area contributed by atoms with E-state index in [1.54, 1.807) is 20.8 Å². The minimum Gasteiger partial charge on any atom is -0.372 e. The Hall–Kier alpha value is -1.24. The number of hydrogen-bond donors (Lipinski definition) is 1. The Labute approximate surface area is 246 Å². The zero-order chi connectivity index (χ0) is 26.5. The maximum atomic E-state index is 12.2. The van der Waals surface area contributed by atoms with Crippen LogP contribution in [0.25, 0.3) is 21.9 Å². The van der Waals surface area contributed by atoms with Gasteiger partial charge < -0.3 is 57.8 Å². The van der Waals surface area contributed by atoms with Crippen molar-refractivity contribution in [2.24, 2.45) is 5.92 Å². The molecule has 1 amide bonds. The number of benzene rings is 1. The summed E-state index contributed by atoms with van der Waals surface area (Å²) in [4.78, 5) is 21.4. The first kappa shape index (κ1) is 41.9. The number of aromatic nitrogens is 3. The van der Waals surface area contributed by atoms with Gasteiger partial charge in [0.2, 0.25) is 5.91 Å². The molecule has 0 aliphatic rings. The van der Waals surface area contributed by atoms with Gasteiger partial charge in [-0.05, 0) is 18.4 Å². The quantitative estimate of drug-likeness (QED) is 0.320. The first-order chi connectivity index (χ1) is 16.5. The molecule has 0 atom stereocenters. The second-order valence-corrected chi connectivity index (χ2v) is 7.18. The molecule has 194 valence electrons. The number of amides is 1. The number of fused-ring (bicyclic) bond motifs is 3. The van der Waals surface area contributed by atoms with Crippen molar-refractivity contribution in [3.05, 3.63) is 72.1 Å². The van der Waals surface area contributed by atoms with E-state index in [4.69, 9.17) is 0 Å². The van der Waals surface area contributed by atoms with Gasteiger partial charge in [0.15, 0.2) is 5.82 Å². The molecule has 5 nitrogen and oxygen atoms in total. The Morgan fingerprint density at radius 1 is 0.972 bits per heavy atom. The Balaban J connectivity index is -0.000000417. The van der Waals surface area contributed by atoms with E-state index < -0.39 is 0 Å². The van der Waals surface area contributed by atoms with Crippen LogP contribution in [0.5, 0.6) is 0 Å². The number of unbranched alkanes of at least 4 members (excludes halogenated alkanes) is 2. The van der Waals surface area contributed by atoms with Crippen molar-refractivity contribution in [2.75, 3.05) is 5.32 Å². The molecule has 2 aromatic heterocycles. The molecular formula is C29H46Li2N4O-4. The van der Waals surface area contributed by atoms with Gasteiger partial charge in [-0.2, -0.15) is 27.2 Å². The molecule has 7 heteroatoms. The predicted octanol–water partition coefficient (Wildman–Crippen LogP) is 2.15. The minimum absolute atomic E-state index is 0. The van der Waals surface area contributed by atoms with Gasteiger partial charge in [-0.3, -0.25) is 4.79 Å². The van der Waals surface area contributed by atoms with Crippen LogP contribution in [-0.2, 0) is 11.3 Å². The van der Waals surface area contributed by atoms with Crippen LogP contribution < -0.4 is 43.0 Å². The van der Waals surface area contributed by atoms with Crippen LogP contribution in [0.15, 0.2) is 30.6 Å². The molecule has 2 heterocycles. The number of carbonyl (C=O) groups excluding carboxylic acids is 1. The second-order valence-electron chi connectivity index (χ2n) is 7.18. The monoisotopic (exact) mass is 480 g/mol. The van der Waals surface area contributed by atoms with Crippen molar-refractivity contribution in [1.29, 1.82) is 0 Å². The van der Waals surface area contributed by atoms with Crippen molar-refractivity contribution in [1.82, 2.24) is 14.5 Å². The smallest absolute Gasteiger partial charge is 0.372 e. The summed E-state index contributed by atoms with van der Waals surface area (Å²) in [6.45, 7) is 30.8. The van der Waals surface area contributed by atoms with Gasteiger partial charge in [-0.1, -0.05) is 38.5 Å². The van der Waals surface area contributed by atoms with E-state index in [2.05, 4.69) is 81.3 Å². The largest absolute Gasteiger partial charge is 1.00 e. The van der Waals surface area contributed by atoms with Gasteiger partial charge in [0, 0.05) is 18.4 Å². The van der Waals surface area contributed by atoms with Crippen molar-refractivity contribution in [3.8, 4) is 0 Å². The van der Waals surface area contributed by atoms with E-state index >= 15 is 0 Å². The molecule has 1 aromatic carbocycles. The van der Waals surface area contributed by atoms with Gasteiger partial charge in [-0.15, -0.1) is 0 Å². The molecule has 0 saturated heterocycles. The first-order valence-corrected chi connectivity index (χ1v) is 12.0. The molecule has 3 aromatic rings. The van der Waals surface area contributed by atoms with Crippen molar-refractivity contribution in [2.45, 2.75) is 73.3 Å². The molecule has 0 aliphatic heterocycles. The molecule has 0 radical (unpaired) electrons. The zero-order valence-electron chi connectivity index (χ0n) is 24.2. The maximum Gasteiger partial charge on any atom is 1.00 e. The van der Waals surface area contributed by atoms with Crippen molar-refractivity contribution < 1.29 is 42.5 Å². The number of nitrogens with one attached hydrogen (secondary N) is 1. The summed E-state index contributed by atoms with van der Waals surface area (Å²) in [6.07, 6.45) is 5.73. The fourth-order valence-electron chi connectivity index (χ4n) is 3.06. The molecule has 0 saturated carbocycles. The molecule has 36 heavy (non-hydrogen) atoms. The maximum absolute atomic E-state index is 12.2. The van der Waals surface area contributed by atoms with Crippen LogP contribution in [0.2, 0.25) is 0 Å². The SMILES string of the molecule is [CH2-]C.[CH2-]C.[CH2-]C.[CH2-]CCCCC(=O)Nc1nc2ccccc2c2c1ncn2CC(C)C.[CH2-]C[CH2-].[Li+].[Li+]. The number of imidazole rings is 1. The summed E-state index contributed by atoms with van der Waals surface area (Å²) in [5.74, 6) is 1.04. The number of rotatable bonds is 7. The Morgan fingerprint density at radius 2 is 1.53 bits per heavy atom. The van der Waals surface area contributed by atoms with Crippen LogP contribution in [0, 0.1) is 47.5 Å². The second kappa shape index (κ2) is 26.8. The molecule has 3 rings (SSSR count). The Bertz CT molecular complexity index is 911. The molecule has 0 spiro atoms. The van der Waals surface area contributed by atoms with Crippen LogP contribution >= 0.6 is 0 Å². The third-order valence-electron chi connectivity index (χ3n) is 4.18. The summed E-state index contributed by atoms with van der Waals surface area (Å²) >= 11 is 0. The fourth-order valence-corrected chi connectivity index (χ4v) is 3.06. The van der Waals surface area contributed by atoms with E-state index in [0.29, 0.717) is 18.2 Å². The molecule has 0 unspecified atom stereocenters. The third-order valence-corrected chi connectivity index (χ3v) is 4.18. The number of anilines is 1.